The fraction of sp³-hybridized carbons (Fsp3) is 0.429. The van der Waals surface area contributed by atoms with E-state index in [-0.39, 0.29) is 5.91 Å². The highest BCUT2D eigenvalue weighted by Crippen LogP contribution is 2.09. The predicted octanol–water partition coefficient (Wildman–Crippen LogP) is 0.434. The third-order valence-electron chi connectivity index (χ3n) is 3.21. The zero-order chi connectivity index (χ0) is 15.2. The van der Waals surface area contributed by atoms with Crippen molar-refractivity contribution in [2.75, 3.05) is 13.6 Å². The molecule has 1 aromatic heterocycles. The van der Waals surface area contributed by atoms with Crippen molar-refractivity contribution < 1.29 is 9.90 Å². The van der Waals surface area contributed by atoms with Gasteiger partial charge < -0.3 is 10.0 Å². The molecule has 7 heteroatoms. The van der Waals surface area contributed by atoms with Crippen LogP contribution >= 0.6 is 0 Å². The molecule has 0 spiro atoms. The molecular formula is C14H19N5O2. The smallest absolute Gasteiger partial charge is 0.226 e. The van der Waals surface area contributed by atoms with Crippen LogP contribution in [0.2, 0.25) is 0 Å². The van der Waals surface area contributed by atoms with Crippen LogP contribution in [0.25, 0.3) is 5.69 Å². The first-order valence-corrected chi connectivity index (χ1v) is 6.80. The summed E-state index contributed by atoms with van der Waals surface area (Å²) in [4.78, 5) is 13.7. The van der Waals surface area contributed by atoms with Gasteiger partial charge in [-0.2, -0.15) is 0 Å². The van der Waals surface area contributed by atoms with Gasteiger partial charge in [0.05, 0.1) is 18.2 Å². The lowest BCUT2D eigenvalue weighted by molar-refractivity contribution is -0.129. The second kappa shape index (κ2) is 6.94. The monoisotopic (exact) mass is 289 g/mol. The molecule has 2 aromatic rings. The van der Waals surface area contributed by atoms with Gasteiger partial charge in [-0.15, -0.1) is 5.10 Å². The molecule has 2 rings (SSSR count). The Bertz CT molecular complexity index is 566. The molecule has 0 radical (unpaired) electrons. The van der Waals surface area contributed by atoms with Crippen molar-refractivity contribution in [3.8, 4) is 5.69 Å². The fourth-order valence-electron chi connectivity index (χ4n) is 1.86. The minimum atomic E-state index is -0.393. The largest absolute Gasteiger partial charge is 0.393 e. The first kappa shape index (κ1) is 15.1. The molecule has 1 aromatic carbocycles. The van der Waals surface area contributed by atoms with Crippen LogP contribution in [0.4, 0.5) is 0 Å². The SMILES string of the molecule is CC(O)CCN(C)C(=O)Cc1ccc(-n2cnnn2)cc1. The number of aromatic nitrogens is 4. The maximum absolute atomic E-state index is 12.0. The number of nitrogens with zero attached hydrogens (tertiary/aromatic N) is 5. The zero-order valence-corrected chi connectivity index (χ0v) is 12.2. The second-order valence-corrected chi connectivity index (χ2v) is 5.05. The minimum absolute atomic E-state index is 0.0332. The highest BCUT2D eigenvalue weighted by atomic mass is 16.3. The highest BCUT2D eigenvalue weighted by molar-refractivity contribution is 5.78. The number of carbonyl (C=O) groups is 1. The minimum Gasteiger partial charge on any atom is -0.393 e. The van der Waals surface area contributed by atoms with E-state index in [2.05, 4.69) is 15.5 Å². The number of likely N-dealkylation sites (N-methyl/N-ethyl adjacent to an activating group) is 1. The van der Waals surface area contributed by atoms with Crippen molar-refractivity contribution in [3.05, 3.63) is 36.2 Å². The van der Waals surface area contributed by atoms with Gasteiger partial charge in [0, 0.05) is 13.6 Å². The zero-order valence-electron chi connectivity index (χ0n) is 12.2. The first-order valence-electron chi connectivity index (χ1n) is 6.80. The molecule has 7 nitrogen and oxygen atoms in total. The van der Waals surface area contributed by atoms with Gasteiger partial charge in [0.15, 0.2) is 0 Å². The summed E-state index contributed by atoms with van der Waals surface area (Å²) in [5.74, 6) is 0.0332. The van der Waals surface area contributed by atoms with E-state index in [1.54, 1.807) is 23.6 Å². The summed E-state index contributed by atoms with van der Waals surface area (Å²) in [5, 5.41) is 20.2. The maximum atomic E-state index is 12.0. The third kappa shape index (κ3) is 4.35. The number of benzene rings is 1. The van der Waals surface area contributed by atoms with E-state index in [0.717, 1.165) is 11.3 Å². The molecule has 1 N–H and O–H groups in total. The predicted molar refractivity (Wildman–Crippen MR) is 76.8 cm³/mol. The van der Waals surface area contributed by atoms with Crippen molar-refractivity contribution in [1.82, 2.24) is 25.1 Å². The van der Waals surface area contributed by atoms with Crippen LogP contribution in [0.5, 0.6) is 0 Å². The Morgan fingerprint density at radius 3 is 2.67 bits per heavy atom. The molecule has 0 saturated carbocycles. The Morgan fingerprint density at radius 1 is 1.38 bits per heavy atom. The molecule has 112 valence electrons. The van der Waals surface area contributed by atoms with E-state index in [4.69, 9.17) is 0 Å². The van der Waals surface area contributed by atoms with E-state index in [1.807, 2.05) is 24.3 Å². The number of rotatable bonds is 6. The summed E-state index contributed by atoms with van der Waals surface area (Å²) in [6, 6.07) is 7.51. The molecule has 1 atom stereocenters. The maximum Gasteiger partial charge on any atom is 0.226 e. The average Bonchev–Trinajstić information content (AvgIpc) is 2.99. The lowest BCUT2D eigenvalue weighted by atomic mass is 10.1. The molecule has 1 amide bonds. The van der Waals surface area contributed by atoms with Crippen molar-refractivity contribution >= 4 is 5.91 Å². The number of hydrogen-bond acceptors (Lipinski definition) is 5. The number of carbonyl (C=O) groups excluding carboxylic acids is 1. The van der Waals surface area contributed by atoms with Crippen LogP contribution in [-0.2, 0) is 11.2 Å². The average molecular weight is 289 g/mol. The summed E-state index contributed by atoms with van der Waals surface area (Å²) >= 11 is 0. The quantitative estimate of drug-likeness (QED) is 0.834. The van der Waals surface area contributed by atoms with E-state index >= 15 is 0 Å². The van der Waals surface area contributed by atoms with Crippen LogP contribution in [-0.4, -0.2) is 55.8 Å². The topological polar surface area (TPSA) is 84.1 Å². The van der Waals surface area contributed by atoms with Crippen molar-refractivity contribution in [2.24, 2.45) is 0 Å². The molecule has 0 aliphatic heterocycles. The number of hydrogen-bond donors (Lipinski definition) is 1. The molecule has 0 fully saturated rings. The molecule has 0 aliphatic rings. The second-order valence-electron chi connectivity index (χ2n) is 5.05. The van der Waals surface area contributed by atoms with Gasteiger partial charge in [-0.3, -0.25) is 4.79 Å². The Morgan fingerprint density at radius 2 is 2.10 bits per heavy atom. The molecule has 0 saturated heterocycles. The van der Waals surface area contributed by atoms with Gasteiger partial charge >= 0.3 is 0 Å². The van der Waals surface area contributed by atoms with Gasteiger partial charge in [0.1, 0.15) is 6.33 Å². The lowest BCUT2D eigenvalue weighted by Crippen LogP contribution is -2.30. The molecular weight excluding hydrogens is 270 g/mol. The van der Waals surface area contributed by atoms with Crippen LogP contribution in [0.1, 0.15) is 18.9 Å². The summed E-state index contributed by atoms with van der Waals surface area (Å²) in [6.45, 7) is 2.27. The number of aliphatic hydroxyl groups is 1. The summed E-state index contributed by atoms with van der Waals surface area (Å²) in [5.41, 5.74) is 1.78. The van der Waals surface area contributed by atoms with E-state index in [0.29, 0.717) is 19.4 Å². The van der Waals surface area contributed by atoms with Crippen LogP contribution < -0.4 is 0 Å². The first-order chi connectivity index (χ1) is 10.1. The molecule has 1 unspecified atom stereocenters. The van der Waals surface area contributed by atoms with Crippen LogP contribution in [0.15, 0.2) is 30.6 Å². The summed E-state index contributed by atoms with van der Waals surface area (Å²) < 4.78 is 1.56. The number of amides is 1. The van der Waals surface area contributed by atoms with E-state index in [9.17, 15) is 9.90 Å². The van der Waals surface area contributed by atoms with Gasteiger partial charge in [-0.05, 0) is 41.5 Å². The van der Waals surface area contributed by atoms with Crippen molar-refractivity contribution in [1.29, 1.82) is 0 Å². The summed E-state index contributed by atoms with van der Waals surface area (Å²) in [7, 11) is 1.75. The molecule has 0 bridgehead atoms. The van der Waals surface area contributed by atoms with Gasteiger partial charge in [0.2, 0.25) is 5.91 Å². The lowest BCUT2D eigenvalue weighted by Gasteiger charge is -2.18. The standard InChI is InChI=1S/C14H19N5O2/c1-11(20)7-8-18(2)14(21)9-12-3-5-13(6-4-12)19-10-15-16-17-19/h3-6,10-11,20H,7-9H2,1-2H3. The summed E-state index contributed by atoms with van der Waals surface area (Å²) in [6.07, 6.45) is 2.05. The van der Waals surface area contributed by atoms with E-state index in [1.165, 1.54) is 6.33 Å². The van der Waals surface area contributed by atoms with Crippen molar-refractivity contribution in [2.45, 2.75) is 25.9 Å². The Balaban J connectivity index is 1.92. The molecule has 1 heterocycles. The Hall–Kier alpha value is -2.28. The van der Waals surface area contributed by atoms with E-state index < -0.39 is 6.10 Å². The molecule has 0 aliphatic carbocycles. The van der Waals surface area contributed by atoms with Crippen molar-refractivity contribution in [3.63, 3.8) is 0 Å². The van der Waals surface area contributed by atoms with Gasteiger partial charge in [0.25, 0.3) is 0 Å². The highest BCUT2D eigenvalue weighted by Gasteiger charge is 2.10. The fourth-order valence-corrected chi connectivity index (χ4v) is 1.86. The van der Waals surface area contributed by atoms with Gasteiger partial charge in [-0.25, -0.2) is 4.68 Å². The number of aliphatic hydroxyl groups excluding tert-OH is 1. The Labute approximate surface area is 123 Å². The third-order valence-corrected chi connectivity index (χ3v) is 3.21. The number of tetrazole rings is 1. The van der Waals surface area contributed by atoms with Crippen LogP contribution in [0, 0.1) is 0 Å². The molecule has 21 heavy (non-hydrogen) atoms. The Kier molecular flexibility index (Phi) is 4.99. The van der Waals surface area contributed by atoms with Crippen LogP contribution in [0.3, 0.4) is 0 Å². The van der Waals surface area contributed by atoms with Gasteiger partial charge in [-0.1, -0.05) is 12.1 Å². The normalized spacial score (nSPS) is 12.1.